The van der Waals surface area contributed by atoms with Crippen LogP contribution in [0, 0.1) is 5.92 Å². The summed E-state index contributed by atoms with van der Waals surface area (Å²) in [6.07, 6.45) is 12.5. The van der Waals surface area contributed by atoms with Crippen molar-refractivity contribution in [1.29, 1.82) is 0 Å². The summed E-state index contributed by atoms with van der Waals surface area (Å²) in [6, 6.07) is 0. The molecule has 0 aromatic carbocycles. The Morgan fingerprint density at radius 1 is 0.900 bits per heavy atom. The fraction of sp³-hybridized carbons (Fsp3) is 0.400. The average molecular weight is 136 g/mol. The Morgan fingerprint density at radius 3 is 2.10 bits per heavy atom. The first-order valence-corrected chi connectivity index (χ1v) is 3.73. The maximum Gasteiger partial charge on any atom is -0.00789 e. The predicted octanol–water partition coefficient (Wildman–Crippen LogP) is 3.33. The fourth-order valence-electron chi connectivity index (χ4n) is 0.718. The van der Waals surface area contributed by atoms with E-state index in [9.17, 15) is 0 Å². The van der Waals surface area contributed by atoms with E-state index in [1.165, 1.54) is 0 Å². The molecule has 10 heavy (non-hydrogen) atoms. The smallest absolute Gasteiger partial charge is 0.00789 e. The zero-order chi connectivity index (χ0) is 7.82. The largest absolute Gasteiger partial charge is 0.0911 e. The molecule has 0 aliphatic heterocycles. The van der Waals surface area contributed by atoms with Gasteiger partial charge in [0.2, 0.25) is 0 Å². The molecule has 0 aliphatic carbocycles. The van der Waals surface area contributed by atoms with E-state index in [2.05, 4.69) is 31.2 Å². The van der Waals surface area contributed by atoms with E-state index in [-0.39, 0.29) is 0 Å². The van der Waals surface area contributed by atoms with Gasteiger partial charge in [0.25, 0.3) is 0 Å². The highest BCUT2D eigenvalue weighted by Gasteiger charge is 1.83. The van der Waals surface area contributed by atoms with Gasteiger partial charge in [-0.2, -0.15) is 0 Å². The van der Waals surface area contributed by atoms with Crippen molar-refractivity contribution in [2.75, 3.05) is 0 Å². The minimum atomic E-state index is 0.557. The standard InChI is InChI=1S/C10H16/c1-4-6-7-9-10(3)8-5-2/h4-10H,1-3H3. The summed E-state index contributed by atoms with van der Waals surface area (Å²) >= 11 is 0. The van der Waals surface area contributed by atoms with Crippen molar-refractivity contribution in [2.45, 2.75) is 20.8 Å². The summed E-state index contributed by atoms with van der Waals surface area (Å²) < 4.78 is 0. The molecule has 56 valence electrons. The molecular weight excluding hydrogens is 120 g/mol. The molecule has 0 saturated carbocycles. The van der Waals surface area contributed by atoms with Gasteiger partial charge in [-0.15, -0.1) is 0 Å². The van der Waals surface area contributed by atoms with Crippen LogP contribution in [0.25, 0.3) is 0 Å². The van der Waals surface area contributed by atoms with Crippen LogP contribution in [-0.2, 0) is 0 Å². The second-order valence-electron chi connectivity index (χ2n) is 2.30. The van der Waals surface area contributed by atoms with Crippen molar-refractivity contribution in [3.63, 3.8) is 0 Å². The number of hydrogen-bond donors (Lipinski definition) is 0. The second kappa shape index (κ2) is 6.34. The summed E-state index contributed by atoms with van der Waals surface area (Å²) in [4.78, 5) is 0. The molecule has 0 aromatic rings. The van der Waals surface area contributed by atoms with E-state index in [1.54, 1.807) is 0 Å². The van der Waals surface area contributed by atoms with Crippen LogP contribution in [0.3, 0.4) is 0 Å². The Balaban J connectivity index is 3.65. The van der Waals surface area contributed by atoms with Crippen molar-refractivity contribution >= 4 is 0 Å². The van der Waals surface area contributed by atoms with Gasteiger partial charge in [-0.3, -0.25) is 0 Å². The van der Waals surface area contributed by atoms with Gasteiger partial charge < -0.3 is 0 Å². The first kappa shape index (κ1) is 9.22. The molecule has 0 saturated heterocycles. The quantitative estimate of drug-likeness (QED) is 0.412. The van der Waals surface area contributed by atoms with Crippen LogP contribution in [0.15, 0.2) is 36.5 Å². The zero-order valence-corrected chi connectivity index (χ0v) is 7.04. The van der Waals surface area contributed by atoms with Gasteiger partial charge in [0.15, 0.2) is 0 Å². The van der Waals surface area contributed by atoms with Crippen molar-refractivity contribution in [2.24, 2.45) is 5.92 Å². The lowest BCUT2D eigenvalue weighted by Gasteiger charge is -1.93. The van der Waals surface area contributed by atoms with E-state index in [0.717, 1.165) is 0 Å². The normalized spacial score (nSPS) is 15.9. The minimum absolute atomic E-state index is 0.557. The van der Waals surface area contributed by atoms with Crippen LogP contribution in [0.2, 0.25) is 0 Å². The third kappa shape index (κ3) is 5.36. The minimum Gasteiger partial charge on any atom is -0.0911 e. The third-order valence-electron chi connectivity index (χ3n) is 1.21. The molecule has 0 fully saturated rings. The Hall–Kier alpha value is -0.780. The van der Waals surface area contributed by atoms with Crippen molar-refractivity contribution in [3.05, 3.63) is 36.5 Å². The highest BCUT2D eigenvalue weighted by Crippen LogP contribution is 1.98. The van der Waals surface area contributed by atoms with Gasteiger partial charge in [0, 0.05) is 0 Å². The molecular formula is C10H16. The van der Waals surface area contributed by atoms with Gasteiger partial charge in [-0.1, -0.05) is 43.4 Å². The molecule has 1 atom stereocenters. The lowest BCUT2D eigenvalue weighted by molar-refractivity contribution is 0.937. The Kier molecular flexibility index (Phi) is 5.85. The van der Waals surface area contributed by atoms with E-state index < -0.39 is 0 Å². The Labute approximate surface area is 64.0 Å². The van der Waals surface area contributed by atoms with Crippen LogP contribution in [0.1, 0.15) is 20.8 Å². The van der Waals surface area contributed by atoms with E-state index >= 15 is 0 Å². The SMILES string of the molecule is CC=CC=CC(C)C=CC. The zero-order valence-electron chi connectivity index (χ0n) is 7.04. The average Bonchev–Trinajstić information content (AvgIpc) is 1.89. The first-order valence-electron chi connectivity index (χ1n) is 3.73. The molecule has 0 aliphatic rings. The maximum atomic E-state index is 2.17. The molecule has 0 aromatic heterocycles. The summed E-state index contributed by atoms with van der Waals surface area (Å²) in [6.45, 7) is 6.23. The van der Waals surface area contributed by atoms with Crippen LogP contribution >= 0.6 is 0 Å². The molecule has 0 radical (unpaired) electrons. The van der Waals surface area contributed by atoms with Gasteiger partial charge in [-0.05, 0) is 19.8 Å². The second-order valence-corrected chi connectivity index (χ2v) is 2.30. The number of allylic oxidation sites excluding steroid dienone is 6. The van der Waals surface area contributed by atoms with E-state index in [0.29, 0.717) is 5.92 Å². The third-order valence-corrected chi connectivity index (χ3v) is 1.21. The van der Waals surface area contributed by atoms with E-state index in [4.69, 9.17) is 0 Å². The molecule has 0 bridgehead atoms. The fourth-order valence-corrected chi connectivity index (χ4v) is 0.718. The molecule has 0 N–H and O–H groups in total. The molecule has 0 amide bonds. The number of hydrogen-bond acceptors (Lipinski definition) is 0. The highest BCUT2D eigenvalue weighted by molar-refractivity contribution is 5.06. The van der Waals surface area contributed by atoms with Crippen LogP contribution in [0.4, 0.5) is 0 Å². The molecule has 0 heterocycles. The van der Waals surface area contributed by atoms with Gasteiger partial charge in [0.1, 0.15) is 0 Å². The topological polar surface area (TPSA) is 0 Å². The monoisotopic (exact) mass is 136 g/mol. The Bertz CT molecular complexity index is 138. The number of rotatable bonds is 3. The summed E-state index contributed by atoms with van der Waals surface area (Å²) in [5.74, 6) is 0.557. The van der Waals surface area contributed by atoms with Crippen LogP contribution in [0.5, 0.6) is 0 Å². The molecule has 0 heteroatoms. The summed E-state index contributed by atoms with van der Waals surface area (Å²) in [7, 11) is 0. The summed E-state index contributed by atoms with van der Waals surface area (Å²) in [5.41, 5.74) is 0. The van der Waals surface area contributed by atoms with Crippen molar-refractivity contribution in [3.8, 4) is 0 Å². The molecule has 1 unspecified atom stereocenters. The summed E-state index contributed by atoms with van der Waals surface area (Å²) in [5, 5.41) is 0. The van der Waals surface area contributed by atoms with Gasteiger partial charge >= 0.3 is 0 Å². The van der Waals surface area contributed by atoms with Crippen molar-refractivity contribution < 1.29 is 0 Å². The predicted molar refractivity (Wildman–Crippen MR) is 47.9 cm³/mol. The molecule has 0 rings (SSSR count). The van der Waals surface area contributed by atoms with Crippen LogP contribution < -0.4 is 0 Å². The maximum absolute atomic E-state index is 2.17. The molecule has 0 nitrogen and oxygen atoms in total. The van der Waals surface area contributed by atoms with Crippen molar-refractivity contribution in [1.82, 2.24) is 0 Å². The van der Waals surface area contributed by atoms with Gasteiger partial charge in [-0.25, -0.2) is 0 Å². The lowest BCUT2D eigenvalue weighted by Crippen LogP contribution is -1.79. The van der Waals surface area contributed by atoms with Crippen LogP contribution in [-0.4, -0.2) is 0 Å². The van der Waals surface area contributed by atoms with Gasteiger partial charge in [0.05, 0.1) is 0 Å². The molecule has 0 spiro atoms. The first-order chi connectivity index (χ1) is 4.81. The highest BCUT2D eigenvalue weighted by atomic mass is 13.9. The van der Waals surface area contributed by atoms with E-state index in [1.807, 2.05) is 26.0 Å². The lowest BCUT2D eigenvalue weighted by atomic mass is 10.1. The Morgan fingerprint density at radius 2 is 1.60 bits per heavy atom.